The molecule has 0 aliphatic heterocycles. The van der Waals surface area contributed by atoms with Crippen molar-refractivity contribution in [3.63, 3.8) is 0 Å². The predicted octanol–water partition coefficient (Wildman–Crippen LogP) is 6.58. The fraction of sp³-hybridized carbons (Fsp3) is 0. The third-order valence-electron chi connectivity index (χ3n) is 4.69. The maximum atomic E-state index is 4.76. The summed E-state index contributed by atoms with van der Waals surface area (Å²) in [7, 11) is 0. The smallest absolute Gasteiger partial charge is 0.137 e. The van der Waals surface area contributed by atoms with Gasteiger partial charge in [-0.2, -0.15) is 0 Å². The zero-order chi connectivity index (χ0) is 17.5. The maximum Gasteiger partial charge on any atom is 0.137 e. The van der Waals surface area contributed by atoms with Crippen LogP contribution in [0.3, 0.4) is 0 Å². The van der Waals surface area contributed by atoms with Crippen LogP contribution in [0.4, 0.5) is 0 Å². The lowest BCUT2D eigenvalue weighted by Crippen LogP contribution is -1.86. The molecular formula is C23H15BrN2. The molecule has 2 nitrogen and oxygen atoms in total. The first-order valence-corrected chi connectivity index (χ1v) is 9.30. The van der Waals surface area contributed by atoms with Gasteiger partial charge in [-0.15, -0.1) is 0 Å². The molecule has 0 radical (unpaired) electrons. The van der Waals surface area contributed by atoms with Crippen LogP contribution >= 0.6 is 15.9 Å². The third-order valence-corrected chi connectivity index (χ3v) is 5.22. The molecule has 0 unspecified atom stereocenters. The van der Waals surface area contributed by atoms with Crippen LogP contribution in [0.5, 0.6) is 0 Å². The number of nitrogens with zero attached hydrogens (tertiary/aromatic N) is 2. The van der Waals surface area contributed by atoms with Crippen molar-refractivity contribution in [3.8, 4) is 22.4 Å². The predicted molar refractivity (Wildman–Crippen MR) is 111 cm³/mol. The quantitative estimate of drug-likeness (QED) is 0.328. The van der Waals surface area contributed by atoms with Crippen LogP contribution in [0.15, 0.2) is 95.7 Å². The lowest BCUT2D eigenvalue weighted by molar-refractivity contribution is 1.19. The standard InChI is InChI=1S/C23H15BrN2/c24-19-11-8-17(9-12-19)22-15-26-14-18(10-13-23(26)25-22)21-7-3-5-16-4-1-2-6-20(16)21/h1-15H. The Morgan fingerprint density at radius 2 is 1.46 bits per heavy atom. The van der Waals surface area contributed by atoms with Gasteiger partial charge in [0.15, 0.2) is 0 Å². The van der Waals surface area contributed by atoms with Crippen molar-refractivity contribution in [3.05, 3.63) is 95.7 Å². The second-order valence-electron chi connectivity index (χ2n) is 6.34. The van der Waals surface area contributed by atoms with Crippen molar-refractivity contribution in [2.45, 2.75) is 0 Å². The van der Waals surface area contributed by atoms with Crippen molar-refractivity contribution >= 4 is 32.3 Å². The highest BCUT2D eigenvalue weighted by Gasteiger charge is 2.08. The summed E-state index contributed by atoms with van der Waals surface area (Å²) in [4.78, 5) is 4.76. The molecule has 0 atom stereocenters. The van der Waals surface area contributed by atoms with Gasteiger partial charge in [-0.1, -0.05) is 70.5 Å². The molecule has 0 N–H and O–H groups in total. The van der Waals surface area contributed by atoms with Crippen molar-refractivity contribution in [1.29, 1.82) is 0 Å². The lowest BCUT2D eigenvalue weighted by Gasteiger charge is -2.07. The molecule has 5 aromatic rings. The molecule has 124 valence electrons. The van der Waals surface area contributed by atoms with Crippen LogP contribution in [0.1, 0.15) is 0 Å². The Kier molecular flexibility index (Phi) is 3.61. The fourth-order valence-electron chi connectivity index (χ4n) is 3.39. The number of hydrogen-bond donors (Lipinski definition) is 0. The molecule has 3 aromatic carbocycles. The summed E-state index contributed by atoms with van der Waals surface area (Å²) in [6.45, 7) is 0. The number of halogens is 1. The van der Waals surface area contributed by atoms with Gasteiger partial charge < -0.3 is 4.40 Å². The minimum Gasteiger partial charge on any atom is -0.306 e. The number of aromatic nitrogens is 2. The van der Waals surface area contributed by atoms with E-state index in [9.17, 15) is 0 Å². The summed E-state index contributed by atoms with van der Waals surface area (Å²) in [5.74, 6) is 0. The maximum absolute atomic E-state index is 4.76. The summed E-state index contributed by atoms with van der Waals surface area (Å²) in [5, 5.41) is 2.52. The number of benzene rings is 3. The first-order valence-electron chi connectivity index (χ1n) is 8.51. The largest absolute Gasteiger partial charge is 0.306 e. The van der Waals surface area contributed by atoms with Crippen LogP contribution in [0.2, 0.25) is 0 Å². The highest BCUT2D eigenvalue weighted by atomic mass is 79.9. The van der Waals surface area contributed by atoms with E-state index < -0.39 is 0 Å². The van der Waals surface area contributed by atoms with Gasteiger partial charge in [0.05, 0.1) is 5.69 Å². The highest BCUT2D eigenvalue weighted by Crippen LogP contribution is 2.29. The van der Waals surface area contributed by atoms with E-state index in [2.05, 4.69) is 99.5 Å². The molecule has 5 rings (SSSR count). The minimum absolute atomic E-state index is 0.951. The Bertz CT molecular complexity index is 1230. The molecule has 0 fully saturated rings. The topological polar surface area (TPSA) is 17.3 Å². The van der Waals surface area contributed by atoms with Gasteiger partial charge in [-0.05, 0) is 46.2 Å². The van der Waals surface area contributed by atoms with E-state index in [1.165, 1.54) is 21.9 Å². The van der Waals surface area contributed by atoms with Crippen LogP contribution < -0.4 is 0 Å². The molecule has 0 amide bonds. The molecule has 0 saturated carbocycles. The van der Waals surface area contributed by atoms with Gasteiger partial charge in [0.25, 0.3) is 0 Å². The van der Waals surface area contributed by atoms with Crippen LogP contribution in [-0.2, 0) is 0 Å². The van der Waals surface area contributed by atoms with Gasteiger partial charge in [-0.25, -0.2) is 4.98 Å². The highest BCUT2D eigenvalue weighted by molar-refractivity contribution is 9.10. The van der Waals surface area contributed by atoms with Gasteiger partial charge in [0.2, 0.25) is 0 Å². The molecule has 0 aliphatic carbocycles. The normalized spacial score (nSPS) is 11.3. The van der Waals surface area contributed by atoms with E-state index >= 15 is 0 Å². The van der Waals surface area contributed by atoms with Crippen LogP contribution in [0.25, 0.3) is 38.8 Å². The average Bonchev–Trinajstić information content (AvgIpc) is 3.11. The van der Waals surface area contributed by atoms with Crippen molar-refractivity contribution in [1.82, 2.24) is 9.38 Å². The summed E-state index contributed by atoms with van der Waals surface area (Å²) >= 11 is 3.48. The van der Waals surface area contributed by atoms with Crippen molar-refractivity contribution in [2.24, 2.45) is 0 Å². The summed E-state index contributed by atoms with van der Waals surface area (Å²) in [5.41, 5.74) is 5.47. The van der Waals surface area contributed by atoms with Gasteiger partial charge in [0, 0.05) is 22.4 Å². The second-order valence-corrected chi connectivity index (χ2v) is 7.26. The molecule has 26 heavy (non-hydrogen) atoms. The fourth-order valence-corrected chi connectivity index (χ4v) is 3.65. The Balaban J connectivity index is 1.65. The van der Waals surface area contributed by atoms with E-state index in [1.54, 1.807) is 0 Å². The molecule has 2 heterocycles. The molecule has 2 aromatic heterocycles. The van der Waals surface area contributed by atoms with E-state index in [1.807, 2.05) is 12.1 Å². The second kappa shape index (κ2) is 6.11. The Hall–Kier alpha value is -2.91. The van der Waals surface area contributed by atoms with E-state index in [4.69, 9.17) is 4.98 Å². The summed E-state index contributed by atoms with van der Waals surface area (Å²) in [6, 6.07) is 27.4. The molecule has 0 spiro atoms. The van der Waals surface area contributed by atoms with Gasteiger partial charge in [-0.3, -0.25) is 0 Å². The molecule has 0 aliphatic rings. The van der Waals surface area contributed by atoms with E-state index in [-0.39, 0.29) is 0 Å². The Morgan fingerprint density at radius 1 is 0.692 bits per heavy atom. The van der Waals surface area contributed by atoms with Crippen LogP contribution in [0, 0.1) is 0 Å². The average molecular weight is 399 g/mol. The van der Waals surface area contributed by atoms with Gasteiger partial charge in [0.1, 0.15) is 5.65 Å². The Morgan fingerprint density at radius 3 is 2.35 bits per heavy atom. The summed E-state index contributed by atoms with van der Waals surface area (Å²) in [6.07, 6.45) is 4.25. The molecule has 0 bridgehead atoms. The molecule has 3 heteroatoms. The number of hydrogen-bond acceptors (Lipinski definition) is 1. The van der Waals surface area contributed by atoms with Crippen molar-refractivity contribution < 1.29 is 0 Å². The monoisotopic (exact) mass is 398 g/mol. The first-order chi connectivity index (χ1) is 12.8. The third kappa shape index (κ3) is 2.61. The van der Waals surface area contributed by atoms with E-state index in [0.717, 1.165) is 21.4 Å². The SMILES string of the molecule is Brc1ccc(-c2cn3cc(-c4cccc5ccccc45)ccc3n2)cc1. The van der Waals surface area contributed by atoms with E-state index in [0.29, 0.717) is 0 Å². The first kappa shape index (κ1) is 15.4. The summed E-state index contributed by atoms with van der Waals surface area (Å²) < 4.78 is 3.18. The number of rotatable bonds is 2. The Labute approximate surface area is 159 Å². The molecular weight excluding hydrogens is 384 g/mol. The number of fused-ring (bicyclic) bond motifs is 2. The van der Waals surface area contributed by atoms with Crippen molar-refractivity contribution in [2.75, 3.05) is 0 Å². The zero-order valence-corrected chi connectivity index (χ0v) is 15.5. The molecule has 0 saturated heterocycles. The van der Waals surface area contributed by atoms with Gasteiger partial charge >= 0.3 is 0 Å². The number of pyridine rings is 1. The minimum atomic E-state index is 0.951. The lowest BCUT2D eigenvalue weighted by atomic mass is 10.00. The van der Waals surface area contributed by atoms with Crippen LogP contribution in [-0.4, -0.2) is 9.38 Å². The number of imidazole rings is 1. The zero-order valence-electron chi connectivity index (χ0n) is 13.9.